The highest BCUT2D eigenvalue weighted by Gasteiger charge is 2.54. The largest absolute Gasteiger partial charge is 0.394 e. The van der Waals surface area contributed by atoms with E-state index >= 15 is 0 Å². The molecule has 0 spiro atoms. The van der Waals surface area contributed by atoms with Crippen molar-refractivity contribution in [1.82, 2.24) is 0 Å². The molecule has 3 aliphatic heterocycles. The van der Waals surface area contributed by atoms with Crippen molar-refractivity contribution in [1.29, 1.82) is 0 Å². The van der Waals surface area contributed by atoms with E-state index in [1.165, 1.54) is 0 Å². The van der Waals surface area contributed by atoms with Gasteiger partial charge in [-0.2, -0.15) is 0 Å². The van der Waals surface area contributed by atoms with Crippen LogP contribution in [0.1, 0.15) is 12.0 Å². The van der Waals surface area contributed by atoms with Gasteiger partial charge in [-0.3, -0.25) is 0 Å². The van der Waals surface area contributed by atoms with Crippen LogP contribution in [0.2, 0.25) is 0 Å². The minimum absolute atomic E-state index is 0.0807. The Morgan fingerprint density at radius 1 is 0.600 bits per heavy atom. The van der Waals surface area contributed by atoms with Crippen molar-refractivity contribution < 1.29 is 68.9 Å². The van der Waals surface area contributed by atoms with E-state index in [0.717, 1.165) is 5.56 Å². The summed E-state index contributed by atoms with van der Waals surface area (Å²) in [6, 6.07) is 5.37. The lowest BCUT2D eigenvalue weighted by Crippen LogP contribution is -2.68. The van der Waals surface area contributed by atoms with E-state index in [-0.39, 0.29) is 19.6 Å². The zero-order valence-corrected chi connectivity index (χ0v) is 27.5. The maximum atomic E-state index is 11.3. The molecule has 3 heterocycles. The average Bonchev–Trinajstić information content (AvgIpc) is 3.41. The van der Waals surface area contributed by atoms with Gasteiger partial charge < -0.3 is 97.6 Å². The molecule has 0 bridgehead atoms. The number of nitrogens with two attached hydrogens (primary N) is 5. The van der Waals surface area contributed by atoms with E-state index in [1.54, 1.807) is 0 Å². The van der Waals surface area contributed by atoms with Crippen LogP contribution in [0, 0.1) is 0 Å². The Bertz CT molecular complexity index is 1180. The minimum atomic E-state index is -1.62. The highest BCUT2D eigenvalue weighted by Crippen LogP contribution is 2.34. The summed E-state index contributed by atoms with van der Waals surface area (Å²) in [6.07, 6.45) is -18.9. The summed E-state index contributed by atoms with van der Waals surface area (Å²) in [5, 5.41) is 74.3. The lowest BCUT2D eigenvalue weighted by molar-refractivity contribution is -0.314. The molecule has 5 rings (SSSR count). The van der Waals surface area contributed by atoms with Gasteiger partial charge in [-0.05, 0) is 18.4 Å². The van der Waals surface area contributed by atoms with Gasteiger partial charge in [0.1, 0.15) is 67.1 Å². The molecule has 1 aromatic carbocycles. The monoisotopic (exact) mass is 719 g/mol. The summed E-state index contributed by atoms with van der Waals surface area (Å²) in [5.74, 6) is 0. The van der Waals surface area contributed by atoms with E-state index < -0.39 is 129 Å². The topological polar surface area (TPSA) is 336 Å². The van der Waals surface area contributed by atoms with Gasteiger partial charge in [0.15, 0.2) is 18.9 Å². The van der Waals surface area contributed by atoms with E-state index in [1.807, 2.05) is 30.3 Å². The Labute approximate surface area is 289 Å². The Morgan fingerprint density at radius 2 is 1.16 bits per heavy atom. The molecule has 0 radical (unpaired) electrons. The van der Waals surface area contributed by atoms with Gasteiger partial charge >= 0.3 is 0 Å². The molecule has 17 N–H and O–H groups in total. The van der Waals surface area contributed by atoms with Gasteiger partial charge in [0.2, 0.25) is 0 Å². The third-order valence-electron chi connectivity index (χ3n) is 9.83. The molecule has 1 aliphatic carbocycles. The molecule has 3 saturated heterocycles. The van der Waals surface area contributed by atoms with E-state index in [0.29, 0.717) is 6.42 Å². The fourth-order valence-electron chi connectivity index (χ4n) is 6.85. The van der Waals surface area contributed by atoms with Gasteiger partial charge in [0.05, 0.1) is 38.0 Å². The molecule has 1 saturated carbocycles. The second kappa shape index (κ2) is 17.5. The standard InChI is InChI=1S/C31H53N5O14/c32-9-15-21(40)22(41)18(35)29(45-15)49-27-17(11-38)47-31(24(27)43)50-28-20(39)13(33)8-14(34)25(28)48-30-19(36)23(42)26(16(10-37)46-30)44-7-6-12-4-2-1-3-5-12/h1-5,13-31,37-43H,6-11,32-36H2/t13-,14+,15?,16-,17-,18-,19-,20+,21-,22-,23-,24-,25-,26-,27-,28-,29-,30+,31+/m1/s1. The first-order valence-corrected chi connectivity index (χ1v) is 16.8. The van der Waals surface area contributed by atoms with Crippen molar-refractivity contribution in [2.24, 2.45) is 28.7 Å². The number of benzene rings is 1. The second-order valence-corrected chi connectivity index (χ2v) is 13.3. The molecule has 0 aromatic heterocycles. The number of rotatable bonds is 13. The molecular formula is C31H53N5O14. The molecule has 1 aromatic rings. The fraction of sp³-hybridized carbons (Fsp3) is 0.806. The average molecular weight is 720 g/mol. The van der Waals surface area contributed by atoms with E-state index in [2.05, 4.69) is 0 Å². The summed E-state index contributed by atoms with van der Waals surface area (Å²) < 4.78 is 41.3. The zero-order valence-electron chi connectivity index (χ0n) is 27.5. The van der Waals surface area contributed by atoms with Crippen LogP contribution in [0.25, 0.3) is 0 Å². The highest BCUT2D eigenvalue weighted by atomic mass is 16.8. The lowest BCUT2D eigenvalue weighted by Gasteiger charge is -2.47. The molecule has 0 amide bonds. The van der Waals surface area contributed by atoms with Crippen LogP contribution in [0.3, 0.4) is 0 Å². The first-order valence-electron chi connectivity index (χ1n) is 16.8. The summed E-state index contributed by atoms with van der Waals surface area (Å²) >= 11 is 0. The van der Waals surface area contributed by atoms with Gasteiger partial charge in [-0.25, -0.2) is 0 Å². The number of aliphatic hydroxyl groups excluding tert-OH is 7. The van der Waals surface area contributed by atoms with Crippen LogP contribution in [-0.2, 0) is 39.6 Å². The highest BCUT2D eigenvalue weighted by molar-refractivity contribution is 5.14. The van der Waals surface area contributed by atoms with Gasteiger partial charge in [0.25, 0.3) is 0 Å². The van der Waals surface area contributed by atoms with E-state index in [4.69, 9.17) is 61.8 Å². The third kappa shape index (κ3) is 8.47. The predicted molar refractivity (Wildman–Crippen MR) is 170 cm³/mol. The van der Waals surface area contributed by atoms with Gasteiger partial charge in [-0.1, -0.05) is 30.3 Å². The summed E-state index contributed by atoms with van der Waals surface area (Å²) in [5.41, 5.74) is 31.6. The number of hydrogen-bond donors (Lipinski definition) is 12. The molecule has 19 atom stereocenters. The fourth-order valence-corrected chi connectivity index (χ4v) is 6.85. The quantitative estimate of drug-likeness (QED) is 0.0901. The summed E-state index contributed by atoms with van der Waals surface area (Å²) in [4.78, 5) is 0. The molecule has 1 unspecified atom stereocenters. The van der Waals surface area contributed by atoms with Crippen LogP contribution in [0.5, 0.6) is 0 Å². The summed E-state index contributed by atoms with van der Waals surface area (Å²) in [6.45, 7) is -1.14. The van der Waals surface area contributed by atoms with Crippen LogP contribution in [0.15, 0.2) is 30.3 Å². The smallest absolute Gasteiger partial charge is 0.187 e. The van der Waals surface area contributed by atoms with Crippen LogP contribution in [-0.4, -0.2) is 178 Å². The summed E-state index contributed by atoms with van der Waals surface area (Å²) in [7, 11) is 0. The van der Waals surface area contributed by atoms with Crippen LogP contribution < -0.4 is 28.7 Å². The van der Waals surface area contributed by atoms with Crippen molar-refractivity contribution in [3.63, 3.8) is 0 Å². The SMILES string of the molecule is NCC1O[C@H](O[C@H]2[C@@H](O)[C@H](O[C@@H]3[C@@H](O)[C@H](N)C[C@H](N)[C@H]3O[C@@H]3O[C@H](CO)[C@@H](OCCc4ccccc4)[C@H](O)[C@H]3N)O[C@@H]2CO)[C@H](N)[C@@H](O)[C@@H]1O. The molecule has 4 aliphatic rings. The number of ether oxygens (including phenoxy) is 7. The first kappa shape index (κ1) is 39.7. The Kier molecular flexibility index (Phi) is 13.9. The van der Waals surface area contributed by atoms with Crippen molar-refractivity contribution in [2.75, 3.05) is 26.4 Å². The molecule has 50 heavy (non-hydrogen) atoms. The maximum absolute atomic E-state index is 11.3. The molecular weight excluding hydrogens is 666 g/mol. The van der Waals surface area contributed by atoms with Gasteiger partial charge in [-0.15, -0.1) is 0 Å². The number of aliphatic hydroxyl groups is 7. The Hall–Kier alpha value is -1.54. The van der Waals surface area contributed by atoms with Crippen molar-refractivity contribution in [3.8, 4) is 0 Å². The lowest BCUT2D eigenvalue weighted by atomic mass is 9.84. The Morgan fingerprint density at radius 3 is 1.80 bits per heavy atom. The van der Waals surface area contributed by atoms with Gasteiger partial charge in [0, 0.05) is 18.6 Å². The second-order valence-electron chi connectivity index (χ2n) is 13.3. The van der Waals surface area contributed by atoms with Crippen molar-refractivity contribution in [2.45, 2.75) is 129 Å². The molecule has 286 valence electrons. The molecule has 19 heteroatoms. The Balaban J connectivity index is 1.26. The van der Waals surface area contributed by atoms with Crippen LogP contribution >= 0.6 is 0 Å². The molecule has 19 nitrogen and oxygen atoms in total. The predicted octanol–water partition coefficient (Wildman–Crippen LogP) is -6.59. The normalized spacial score (nSPS) is 47.0. The third-order valence-corrected chi connectivity index (χ3v) is 9.83. The first-order chi connectivity index (χ1) is 23.9. The van der Waals surface area contributed by atoms with Crippen molar-refractivity contribution >= 4 is 0 Å². The number of hydrogen-bond acceptors (Lipinski definition) is 19. The van der Waals surface area contributed by atoms with E-state index in [9.17, 15) is 35.7 Å². The zero-order chi connectivity index (χ0) is 36.3. The van der Waals surface area contributed by atoms with Crippen molar-refractivity contribution in [3.05, 3.63) is 35.9 Å². The van der Waals surface area contributed by atoms with Crippen LogP contribution in [0.4, 0.5) is 0 Å². The maximum Gasteiger partial charge on any atom is 0.187 e. The minimum Gasteiger partial charge on any atom is -0.394 e. The molecule has 4 fully saturated rings.